The van der Waals surface area contributed by atoms with Gasteiger partial charge in [0.05, 0.1) is 19.0 Å². The van der Waals surface area contributed by atoms with Gasteiger partial charge in [-0.25, -0.2) is 4.79 Å². The maximum absolute atomic E-state index is 12.4. The van der Waals surface area contributed by atoms with E-state index < -0.39 is 60.8 Å². The fraction of sp³-hybridized carbons (Fsp3) is 0.476. The standard InChI is InChI=1S/C21H30N4O7/c1-12(2)8-16(21(31)32)25-20(30)15(10-18(27)28)24-17(26)11-23-19(29)14(22)9-13-6-4-3-5-7-13/h3-7,12,14-16H,8-11,22H2,1-2H3,(H,23,29)(H,24,26)(H,25,30)(H,27,28)(H,31,32). The summed E-state index contributed by atoms with van der Waals surface area (Å²) < 4.78 is 0. The molecule has 0 heterocycles. The van der Waals surface area contributed by atoms with Gasteiger partial charge in [-0.15, -0.1) is 0 Å². The second kappa shape index (κ2) is 13.1. The van der Waals surface area contributed by atoms with Crippen LogP contribution in [0.2, 0.25) is 0 Å². The molecule has 0 saturated heterocycles. The number of amides is 3. The summed E-state index contributed by atoms with van der Waals surface area (Å²) in [4.78, 5) is 59.1. The van der Waals surface area contributed by atoms with Crippen molar-refractivity contribution < 1.29 is 34.2 Å². The fourth-order valence-electron chi connectivity index (χ4n) is 2.85. The second-order valence-electron chi connectivity index (χ2n) is 7.76. The monoisotopic (exact) mass is 450 g/mol. The second-order valence-corrected chi connectivity index (χ2v) is 7.76. The molecule has 0 aliphatic rings. The molecule has 0 fully saturated rings. The molecule has 176 valence electrons. The molecule has 3 unspecified atom stereocenters. The van der Waals surface area contributed by atoms with Crippen molar-refractivity contribution in [3.05, 3.63) is 35.9 Å². The van der Waals surface area contributed by atoms with Gasteiger partial charge in [0.15, 0.2) is 0 Å². The summed E-state index contributed by atoms with van der Waals surface area (Å²) in [6.07, 6.45) is -0.373. The van der Waals surface area contributed by atoms with E-state index in [0.717, 1.165) is 5.56 Å². The van der Waals surface area contributed by atoms with Crippen LogP contribution in [0, 0.1) is 5.92 Å². The molecular formula is C21H30N4O7. The number of hydrogen-bond donors (Lipinski definition) is 6. The first-order valence-corrected chi connectivity index (χ1v) is 10.1. The zero-order valence-electron chi connectivity index (χ0n) is 18.0. The SMILES string of the molecule is CC(C)CC(NC(=O)C(CC(=O)O)NC(=O)CNC(=O)C(N)Cc1ccccc1)C(=O)O. The molecule has 3 amide bonds. The molecule has 0 radical (unpaired) electrons. The van der Waals surface area contributed by atoms with E-state index in [1.54, 1.807) is 38.1 Å². The van der Waals surface area contributed by atoms with E-state index >= 15 is 0 Å². The van der Waals surface area contributed by atoms with Crippen molar-refractivity contribution in [3.63, 3.8) is 0 Å². The lowest BCUT2D eigenvalue weighted by Crippen LogP contribution is -2.54. The third-order valence-electron chi connectivity index (χ3n) is 4.41. The smallest absolute Gasteiger partial charge is 0.326 e. The minimum Gasteiger partial charge on any atom is -0.481 e. The van der Waals surface area contributed by atoms with E-state index in [-0.39, 0.29) is 18.8 Å². The van der Waals surface area contributed by atoms with E-state index in [1.165, 1.54) is 0 Å². The Bertz CT molecular complexity index is 814. The number of carbonyl (C=O) groups is 5. The summed E-state index contributed by atoms with van der Waals surface area (Å²) in [5.41, 5.74) is 6.67. The van der Waals surface area contributed by atoms with Crippen molar-refractivity contribution >= 4 is 29.7 Å². The van der Waals surface area contributed by atoms with E-state index in [9.17, 15) is 29.1 Å². The Hall–Kier alpha value is -3.47. The molecule has 0 aliphatic heterocycles. The van der Waals surface area contributed by atoms with Crippen molar-refractivity contribution in [1.29, 1.82) is 0 Å². The Balaban J connectivity index is 2.64. The van der Waals surface area contributed by atoms with Crippen molar-refractivity contribution in [2.24, 2.45) is 11.7 Å². The lowest BCUT2D eigenvalue weighted by Gasteiger charge is -2.21. The third kappa shape index (κ3) is 10.0. The van der Waals surface area contributed by atoms with Gasteiger partial charge >= 0.3 is 11.9 Å². The van der Waals surface area contributed by atoms with Crippen LogP contribution in [-0.2, 0) is 30.4 Å². The first-order valence-electron chi connectivity index (χ1n) is 10.1. The highest BCUT2D eigenvalue weighted by molar-refractivity contribution is 5.94. The van der Waals surface area contributed by atoms with Gasteiger partial charge in [0.25, 0.3) is 0 Å². The Labute approximate surface area is 185 Å². The molecule has 0 saturated carbocycles. The van der Waals surface area contributed by atoms with Gasteiger partial charge in [-0.05, 0) is 24.3 Å². The molecule has 7 N–H and O–H groups in total. The number of carboxylic acid groups (broad SMARTS) is 2. The average molecular weight is 450 g/mol. The van der Waals surface area contributed by atoms with Gasteiger partial charge in [0.2, 0.25) is 17.7 Å². The Morgan fingerprint density at radius 3 is 2.09 bits per heavy atom. The molecule has 0 aliphatic carbocycles. The quantitative estimate of drug-likeness (QED) is 0.226. The van der Waals surface area contributed by atoms with Crippen LogP contribution in [0.4, 0.5) is 0 Å². The molecule has 0 spiro atoms. The number of rotatable bonds is 13. The molecule has 0 aromatic heterocycles. The van der Waals surface area contributed by atoms with Gasteiger partial charge in [-0.3, -0.25) is 19.2 Å². The first-order chi connectivity index (χ1) is 15.0. The van der Waals surface area contributed by atoms with Crippen molar-refractivity contribution in [2.75, 3.05) is 6.54 Å². The van der Waals surface area contributed by atoms with E-state index in [4.69, 9.17) is 10.8 Å². The molecule has 1 rings (SSSR count). The highest BCUT2D eigenvalue weighted by atomic mass is 16.4. The predicted octanol–water partition coefficient (Wildman–Crippen LogP) is -0.752. The number of nitrogens with two attached hydrogens (primary N) is 1. The zero-order chi connectivity index (χ0) is 24.3. The first kappa shape index (κ1) is 26.6. The predicted molar refractivity (Wildman–Crippen MR) is 114 cm³/mol. The summed E-state index contributed by atoms with van der Waals surface area (Å²) in [5, 5.41) is 25.1. The average Bonchev–Trinajstić information content (AvgIpc) is 2.70. The number of aliphatic carboxylic acids is 2. The van der Waals surface area contributed by atoms with Crippen molar-refractivity contribution in [3.8, 4) is 0 Å². The lowest BCUT2D eigenvalue weighted by molar-refractivity contribution is -0.143. The van der Waals surface area contributed by atoms with Crippen LogP contribution in [0.5, 0.6) is 0 Å². The van der Waals surface area contributed by atoms with E-state index in [0.29, 0.717) is 0 Å². The normalized spacial score (nSPS) is 13.5. The van der Waals surface area contributed by atoms with Gasteiger partial charge in [0, 0.05) is 0 Å². The Morgan fingerprint density at radius 1 is 0.938 bits per heavy atom. The largest absolute Gasteiger partial charge is 0.481 e. The number of carbonyl (C=O) groups excluding carboxylic acids is 3. The van der Waals surface area contributed by atoms with E-state index in [2.05, 4.69) is 16.0 Å². The molecular weight excluding hydrogens is 420 g/mol. The summed E-state index contributed by atoms with van der Waals surface area (Å²) >= 11 is 0. The molecule has 32 heavy (non-hydrogen) atoms. The lowest BCUT2D eigenvalue weighted by atomic mass is 10.0. The number of carboxylic acids is 2. The summed E-state index contributed by atoms with van der Waals surface area (Å²) in [6.45, 7) is 3.01. The summed E-state index contributed by atoms with van der Waals surface area (Å²) in [6, 6.07) is 5.39. The topological polar surface area (TPSA) is 188 Å². The van der Waals surface area contributed by atoms with E-state index in [1.807, 2.05) is 6.07 Å². The Morgan fingerprint density at radius 2 is 1.56 bits per heavy atom. The minimum absolute atomic E-state index is 0.0424. The maximum atomic E-state index is 12.4. The molecule has 11 nitrogen and oxygen atoms in total. The molecule has 3 atom stereocenters. The number of benzene rings is 1. The van der Waals surface area contributed by atoms with Crippen LogP contribution < -0.4 is 21.7 Å². The molecule has 0 bridgehead atoms. The van der Waals surface area contributed by atoms with Crippen LogP contribution in [0.3, 0.4) is 0 Å². The fourth-order valence-corrected chi connectivity index (χ4v) is 2.85. The zero-order valence-corrected chi connectivity index (χ0v) is 18.0. The van der Waals surface area contributed by atoms with Gasteiger partial charge < -0.3 is 31.9 Å². The number of nitrogens with one attached hydrogen (secondary N) is 3. The van der Waals surface area contributed by atoms with Crippen LogP contribution in [-0.4, -0.2) is 64.5 Å². The highest BCUT2D eigenvalue weighted by Gasteiger charge is 2.29. The van der Waals surface area contributed by atoms with Crippen molar-refractivity contribution in [2.45, 2.75) is 51.2 Å². The molecule has 11 heteroatoms. The minimum atomic E-state index is -1.51. The van der Waals surface area contributed by atoms with Gasteiger partial charge in [0.1, 0.15) is 12.1 Å². The van der Waals surface area contributed by atoms with Gasteiger partial charge in [-0.2, -0.15) is 0 Å². The summed E-state index contributed by atoms with van der Waals surface area (Å²) in [5.74, 6) is -5.03. The van der Waals surface area contributed by atoms with Crippen LogP contribution >= 0.6 is 0 Å². The van der Waals surface area contributed by atoms with Gasteiger partial charge in [-0.1, -0.05) is 44.2 Å². The van der Waals surface area contributed by atoms with Crippen LogP contribution in [0.15, 0.2) is 30.3 Å². The summed E-state index contributed by atoms with van der Waals surface area (Å²) in [7, 11) is 0. The number of hydrogen-bond acceptors (Lipinski definition) is 6. The molecule has 1 aromatic carbocycles. The van der Waals surface area contributed by atoms with Crippen LogP contribution in [0.25, 0.3) is 0 Å². The third-order valence-corrected chi connectivity index (χ3v) is 4.41. The van der Waals surface area contributed by atoms with Crippen LogP contribution in [0.1, 0.15) is 32.3 Å². The maximum Gasteiger partial charge on any atom is 0.326 e. The Kier molecular flexibility index (Phi) is 10.8. The molecule has 1 aromatic rings. The highest BCUT2D eigenvalue weighted by Crippen LogP contribution is 2.06. The van der Waals surface area contributed by atoms with Crippen molar-refractivity contribution in [1.82, 2.24) is 16.0 Å².